The molecule has 37 heavy (non-hydrogen) atoms. The number of H-pyrrole nitrogens is 1. The lowest BCUT2D eigenvalue weighted by molar-refractivity contribution is -0.100. The van der Waals surface area contributed by atoms with Crippen molar-refractivity contribution in [1.29, 1.82) is 0 Å². The van der Waals surface area contributed by atoms with Crippen molar-refractivity contribution in [3.8, 4) is 17.0 Å². The van der Waals surface area contributed by atoms with E-state index in [2.05, 4.69) is 51.0 Å². The number of aromatic nitrogens is 5. The van der Waals surface area contributed by atoms with Crippen molar-refractivity contribution in [2.75, 3.05) is 44.9 Å². The Morgan fingerprint density at radius 2 is 2.05 bits per heavy atom. The van der Waals surface area contributed by atoms with Crippen molar-refractivity contribution in [2.24, 2.45) is 5.41 Å². The number of anilines is 1. The molecule has 2 fully saturated rings. The van der Waals surface area contributed by atoms with Crippen LogP contribution < -0.4 is 15.0 Å². The van der Waals surface area contributed by atoms with Gasteiger partial charge in [0.25, 0.3) is 0 Å². The molecule has 0 spiro atoms. The molecule has 4 aromatic heterocycles. The van der Waals surface area contributed by atoms with Crippen LogP contribution in [-0.2, 0) is 4.74 Å². The van der Waals surface area contributed by atoms with Crippen molar-refractivity contribution >= 4 is 22.4 Å². The number of methoxy groups -OCH3 is 1. The maximum Gasteiger partial charge on any atom is 0.197 e. The lowest BCUT2D eigenvalue weighted by atomic mass is 9.88. The largest absolute Gasteiger partial charge is 0.493 e. The summed E-state index contributed by atoms with van der Waals surface area (Å²) in [6, 6.07) is 2.35. The Balaban J connectivity index is 1.31. The number of aromatic amines is 1. The van der Waals surface area contributed by atoms with Crippen molar-refractivity contribution in [3.63, 3.8) is 0 Å². The SMILES string of the molecule is COc1cc(-c2[nH]c3cnc(N4CCC(NCC5(C)COC5)CC4)c(F)c3c2C(C)C)cn2ncnc12. The zero-order valence-electron chi connectivity index (χ0n) is 21.8. The van der Waals surface area contributed by atoms with E-state index in [9.17, 15) is 0 Å². The van der Waals surface area contributed by atoms with Gasteiger partial charge in [-0.1, -0.05) is 20.8 Å². The molecule has 0 amide bonds. The van der Waals surface area contributed by atoms with Gasteiger partial charge in [0.1, 0.15) is 6.33 Å². The summed E-state index contributed by atoms with van der Waals surface area (Å²) in [5, 5.41) is 8.58. The van der Waals surface area contributed by atoms with Crippen LogP contribution in [0.15, 0.2) is 24.8 Å². The number of halogens is 1. The molecule has 2 aliphatic heterocycles. The van der Waals surface area contributed by atoms with Gasteiger partial charge in [0, 0.05) is 48.2 Å². The molecule has 0 bridgehead atoms. The molecule has 6 heterocycles. The average Bonchev–Trinajstić information content (AvgIpc) is 3.52. The summed E-state index contributed by atoms with van der Waals surface area (Å²) >= 11 is 0. The van der Waals surface area contributed by atoms with E-state index in [4.69, 9.17) is 9.47 Å². The first-order valence-electron chi connectivity index (χ1n) is 13.0. The van der Waals surface area contributed by atoms with E-state index in [-0.39, 0.29) is 17.2 Å². The van der Waals surface area contributed by atoms with E-state index in [0.717, 1.165) is 62.5 Å². The van der Waals surface area contributed by atoms with Crippen LogP contribution in [0.25, 0.3) is 27.8 Å². The van der Waals surface area contributed by atoms with Crippen molar-refractivity contribution < 1.29 is 13.9 Å². The number of ether oxygens (including phenoxy) is 2. The molecule has 0 saturated carbocycles. The Labute approximate surface area is 215 Å². The van der Waals surface area contributed by atoms with E-state index >= 15 is 4.39 Å². The molecular formula is C27H34FN7O2. The second-order valence-corrected chi connectivity index (χ2v) is 11.0. The highest BCUT2D eigenvalue weighted by Gasteiger charge is 2.34. The number of rotatable bonds is 7. The Morgan fingerprint density at radius 3 is 2.73 bits per heavy atom. The van der Waals surface area contributed by atoms with Gasteiger partial charge in [0.15, 0.2) is 23.0 Å². The zero-order valence-corrected chi connectivity index (χ0v) is 21.8. The maximum atomic E-state index is 16.2. The second kappa shape index (κ2) is 9.25. The number of hydrogen-bond acceptors (Lipinski definition) is 7. The molecule has 0 unspecified atom stereocenters. The molecule has 9 nitrogen and oxygen atoms in total. The predicted molar refractivity (Wildman–Crippen MR) is 141 cm³/mol. The monoisotopic (exact) mass is 507 g/mol. The van der Waals surface area contributed by atoms with E-state index in [1.54, 1.807) is 17.8 Å². The van der Waals surface area contributed by atoms with E-state index in [1.807, 2.05) is 12.3 Å². The standard InChI is InChI=1S/C27H34FN7O2/c1-16(2)21-22-19(33-24(21)17-9-20(36-4)25-31-15-32-35(25)11-17)10-29-26(23(22)28)34-7-5-18(6-8-34)30-12-27(3)13-37-14-27/h9-11,15-16,18,30,33H,5-8,12-14H2,1-4H3. The number of hydrogen-bond donors (Lipinski definition) is 2. The zero-order chi connectivity index (χ0) is 25.7. The quantitative estimate of drug-likeness (QED) is 0.388. The van der Waals surface area contributed by atoms with Gasteiger partial charge in [0.2, 0.25) is 0 Å². The Hall–Kier alpha value is -3.24. The van der Waals surface area contributed by atoms with Crippen LogP contribution in [0.3, 0.4) is 0 Å². The molecule has 4 aromatic rings. The minimum atomic E-state index is -0.261. The fraction of sp³-hybridized carbons (Fsp3) is 0.519. The molecule has 0 aliphatic carbocycles. The summed E-state index contributed by atoms with van der Waals surface area (Å²) < 4.78 is 28.8. The molecule has 10 heteroatoms. The minimum absolute atomic E-state index is 0.0812. The first kappa shape index (κ1) is 24.1. The minimum Gasteiger partial charge on any atom is -0.493 e. The molecular weight excluding hydrogens is 473 g/mol. The molecule has 2 N–H and O–H groups in total. The topological polar surface area (TPSA) is 92.6 Å². The normalized spacial score (nSPS) is 18.2. The van der Waals surface area contributed by atoms with Crippen molar-refractivity contribution in [2.45, 2.75) is 45.6 Å². The van der Waals surface area contributed by atoms with Crippen molar-refractivity contribution in [1.82, 2.24) is 29.9 Å². The average molecular weight is 508 g/mol. The highest BCUT2D eigenvalue weighted by atomic mass is 19.1. The van der Waals surface area contributed by atoms with Gasteiger partial charge in [0.05, 0.1) is 37.7 Å². The Morgan fingerprint density at radius 1 is 1.27 bits per heavy atom. The number of pyridine rings is 2. The number of piperidine rings is 1. The molecule has 0 atom stereocenters. The summed E-state index contributed by atoms with van der Waals surface area (Å²) in [4.78, 5) is 14.4. The van der Waals surface area contributed by atoms with Gasteiger partial charge in [-0.25, -0.2) is 18.9 Å². The lowest BCUT2D eigenvalue weighted by Gasteiger charge is -2.40. The van der Waals surface area contributed by atoms with Gasteiger partial charge in [-0.15, -0.1) is 0 Å². The first-order chi connectivity index (χ1) is 17.9. The fourth-order valence-corrected chi connectivity index (χ4v) is 5.61. The molecule has 0 aromatic carbocycles. The van der Waals surface area contributed by atoms with E-state index in [1.165, 1.54) is 6.33 Å². The third kappa shape index (κ3) is 4.21. The van der Waals surface area contributed by atoms with Crippen molar-refractivity contribution in [3.05, 3.63) is 36.2 Å². The first-order valence-corrected chi connectivity index (χ1v) is 13.0. The van der Waals surface area contributed by atoms with Crippen LogP contribution in [0.2, 0.25) is 0 Å². The van der Waals surface area contributed by atoms with Crippen LogP contribution in [0.4, 0.5) is 10.2 Å². The molecule has 2 aliphatic rings. The molecule has 6 rings (SSSR count). The summed E-state index contributed by atoms with van der Waals surface area (Å²) in [7, 11) is 1.61. The summed E-state index contributed by atoms with van der Waals surface area (Å²) in [5.74, 6) is 0.862. The predicted octanol–water partition coefficient (Wildman–Crippen LogP) is 4.14. The molecule has 196 valence electrons. The summed E-state index contributed by atoms with van der Waals surface area (Å²) in [6.07, 6.45) is 7.07. The molecule has 0 radical (unpaired) electrons. The van der Waals surface area contributed by atoms with Gasteiger partial charge < -0.3 is 24.7 Å². The number of nitrogens with zero attached hydrogens (tertiary/aromatic N) is 5. The third-order valence-electron chi connectivity index (χ3n) is 7.74. The number of nitrogens with one attached hydrogen (secondary N) is 2. The van der Waals surface area contributed by atoms with Crippen LogP contribution in [0, 0.1) is 11.2 Å². The van der Waals surface area contributed by atoms with Crippen LogP contribution in [-0.4, -0.2) is 70.6 Å². The lowest BCUT2D eigenvalue weighted by Crippen LogP contribution is -2.51. The summed E-state index contributed by atoms with van der Waals surface area (Å²) in [6.45, 7) is 10.6. The highest BCUT2D eigenvalue weighted by Crippen LogP contribution is 2.40. The van der Waals surface area contributed by atoms with Gasteiger partial charge in [-0.3, -0.25) is 0 Å². The van der Waals surface area contributed by atoms with Gasteiger partial charge >= 0.3 is 0 Å². The van der Waals surface area contributed by atoms with Crippen LogP contribution >= 0.6 is 0 Å². The highest BCUT2D eigenvalue weighted by molar-refractivity contribution is 5.93. The summed E-state index contributed by atoms with van der Waals surface area (Å²) in [5.41, 5.74) is 4.19. The van der Waals surface area contributed by atoms with Crippen LogP contribution in [0.5, 0.6) is 5.75 Å². The van der Waals surface area contributed by atoms with E-state index < -0.39 is 0 Å². The molecule has 2 saturated heterocycles. The van der Waals surface area contributed by atoms with Gasteiger partial charge in [-0.2, -0.15) is 5.10 Å². The third-order valence-corrected chi connectivity index (χ3v) is 7.74. The Kier molecular flexibility index (Phi) is 6.03. The maximum absolute atomic E-state index is 16.2. The fourth-order valence-electron chi connectivity index (χ4n) is 5.61. The smallest absolute Gasteiger partial charge is 0.197 e. The number of fused-ring (bicyclic) bond motifs is 2. The second-order valence-electron chi connectivity index (χ2n) is 11.0. The van der Waals surface area contributed by atoms with E-state index in [0.29, 0.717) is 34.2 Å². The Bertz CT molecular complexity index is 1430. The van der Waals surface area contributed by atoms with Gasteiger partial charge in [-0.05, 0) is 30.4 Å². The van der Waals surface area contributed by atoms with Crippen LogP contribution in [0.1, 0.15) is 45.1 Å².